The molecule has 0 amide bonds. The SMILES string of the molecule is COC(=O)c1ccc(CNC(C)c2ccc(C)o2)c(Br)c1. The Morgan fingerprint density at radius 1 is 1.38 bits per heavy atom. The molecule has 1 atom stereocenters. The van der Waals surface area contributed by atoms with Crippen LogP contribution < -0.4 is 5.32 Å². The summed E-state index contributed by atoms with van der Waals surface area (Å²) in [5.74, 6) is 1.48. The van der Waals surface area contributed by atoms with Crippen LogP contribution in [0.3, 0.4) is 0 Å². The summed E-state index contributed by atoms with van der Waals surface area (Å²) in [4.78, 5) is 11.5. The van der Waals surface area contributed by atoms with Crippen molar-refractivity contribution in [1.82, 2.24) is 5.32 Å². The first kappa shape index (κ1) is 15.8. The number of esters is 1. The summed E-state index contributed by atoms with van der Waals surface area (Å²) < 4.78 is 11.2. The van der Waals surface area contributed by atoms with Gasteiger partial charge in [0.2, 0.25) is 0 Å². The molecule has 0 radical (unpaired) electrons. The first-order valence-corrected chi connectivity index (χ1v) is 7.47. The number of rotatable bonds is 5. The molecule has 5 heteroatoms. The number of methoxy groups -OCH3 is 1. The quantitative estimate of drug-likeness (QED) is 0.827. The summed E-state index contributed by atoms with van der Waals surface area (Å²) >= 11 is 3.48. The van der Waals surface area contributed by atoms with Crippen LogP contribution in [0.15, 0.2) is 39.2 Å². The Hall–Kier alpha value is -1.59. The maximum Gasteiger partial charge on any atom is 0.337 e. The van der Waals surface area contributed by atoms with Crippen molar-refractivity contribution in [2.45, 2.75) is 26.4 Å². The number of aryl methyl sites for hydroxylation is 1. The number of nitrogens with one attached hydrogen (secondary N) is 1. The van der Waals surface area contributed by atoms with Crippen LogP contribution in [0.2, 0.25) is 0 Å². The predicted octanol–water partition coefficient (Wildman–Crippen LogP) is 3.99. The molecule has 0 saturated heterocycles. The fourth-order valence-corrected chi connectivity index (χ4v) is 2.50. The predicted molar refractivity (Wildman–Crippen MR) is 84.2 cm³/mol. The van der Waals surface area contributed by atoms with E-state index in [2.05, 4.69) is 28.2 Å². The molecule has 0 fully saturated rings. The molecule has 1 aromatic carbocycles. The van der Waals surface area contributed by atoms with Gasteiger partial charge in [-0.1, -0.05) is 22.0 Å². The van der Waals surface area contributed by atoms with Crippen LogP contribution in [-0.4, -0.2) is 13.1 Å². The standard InChI is InChI=1S/C16H18BrNO3/c1-10-4-7-15(21-10)11(2)18-9-13-6-5-12(8-14(13)17)16(19)20-3/h4-8,11,18H,9H2,1-3H3. The minimum Gasteiger partial charge on any atom is -0.465 e. The minimum absolute atomic E-state index is 0.117. The monoisotopic (exact) mass is 351 g/mol. The maximum absolute atomic E-state index is 11.5. The number of hydrogen-bond acceptors (Lipinski definition) is 4. The Bertz CT molecular complexity index is 636. The molecule has 112 valence electrons. The molecule has 0 spiro atoms. The van der Waals surface area contributed by atoms with Crippen molar-refractivity contribution >= 4 is 21.9 Å². The molecular formula is C16H18BrNO3. The van der Waals surface area contributed by atoms with E-state index in [1.54, 1.807) is 12.1 Å². The van der Waals surface area contributed by atoms with Crippen LogP contribution in [-0.2, 0) is 11.3 Å². The second-order valence-corrected chi connectivity index (χ2v) is 5.70. The van der Waals surface area contributed by atoms with Crippen LogP contribution in [0.4, 0.5) is 0 Å². The Kier molecular flexibility index (Phi) is 5.20. The van der Waals surface area contributed by atoms with E-state index in [4.69, 9.17) is 9.15 Å². The van der Waals surface area contributed by atoms with Crippen molar-refractivity contribution < 1.29 is 13.9 Å². The number of hydrogen-bond donors (Lipinski definition) is 1. The number of carbonyl (C=O) groups is 1. The molecule has 0 saturated carbocycles. The Morgan fingerprint density at radius 2 is 2.14 bits per heavy atom. The topological polar surface area (TPSA) is 51.5 Å². The van der Waals surface area contributed by atoms with Crippen LogP contribution in [0.1, 0.15) is 40.4 Å². The summed E-state index contributed by atoms with van der Waals surface area (Å²) in [5, 5.41) is 3.39. The van der Waals surface area contributed by atoms with Gasteiger partial charge in [-0.05, 0) is 43.7 Å². The van der Waals surface area contributed by atoms with Crippen molar-refractivity contribution in [3.63, 3.8) is 0 Å². The smallest absolute Gasteiger partial charge is 0.337 e. The molecule has 1 unspecified atom stereocenters. The highest BCUT2D eigenvalue weighted by atomic mass is 79.9. The van der Waals surface area contributed by atoms with Gasteiger partial charge in [-0.25, -0.2) is 4.79 Å². The first-order valence-electron chi connectivity index (χ1n) is 6.67. The van der Waals surface area contributed by atoms with E-state index in [1.807, 2.05) is 25.1 Å². The number of benzene rings is 1. The summed E-state index contributed by atoms with van der Waals surface area (Å²) in [6.07, 6.45) is 0. The van der Waals surface area contributed by atoms with Crippen molar-refractivity contribution in [1.29, 1.82) is 0 Å². The molecule has 0 aliphatic heterocycles. The van der Waals surface area contributed by atoms with Gasteiger partial charge in [0.1, 0.15) is 11.5 Å². The maximum atomic E-state index is 11.5. The number of carbonyl (C=O) groups excluding carboxylic acids is 1. The molecule has 1 heterocycles. The molecule has 0 aliphatic rings. The first-order chi connectivity index (χ1) is 10.0. The second kappa shape index (κ2) is 6.91. The largest absolute Gasteiger partial charge is 0.465 e. The van der Waals surface area contributed by atoms with Crippen LogP contribution in [0.5, 0.6) is 0 Å². The summed E-state index contributed by atoms with van der Waals surface area (Å²) in [6, 6.07) is 9.48. The number of ether oxygens (including phenoxy) is 1. The second-order valence-electron chi connectivity index (χ2n) is 4.85. The fourth-order valence-electron chi connectivity index (χ4n) is 1.99. The van der Waals surface area contributed by atoms with E-state index in [0.717, 1.165) is 21.6 Å². The molecule has 4 nitrogen and oxygen atoms in total. The van der Waals surface area contributed by atoms with E-state index in [1.165, 1.54) is 7.11 Å². The Balaban J connectivity index is 2.01. The van der Waals surface area contributed by atoms with E-state index in [-0.39, 0.29) is 12.0 Å². The highest BCUT2D eigenvalue weighted by molar-refractivity contribution is 9.10. The van der Waals surface area contributed by atoms with Crippen molar-refractivity contribution in [3.8, 4) is 0 Å². The van der Waals surface area contributed by atoms with Gasteiger partial charge < -0.3 is 14.5 Å². The zero-order valence-corrected chi connectivity index (χ0v) is 13.9. The number of furan rings is 1. The lowest BCUT2D eigenvalue weighted by molar-refractivity contribution is 0.0600. The van der Waals surface area contributed by atoms with Gasteiger partial charge in [-0.3, -0.25) is 0 Å². The average molecular weight is 352 g/mol. The Labute approximate surface area is 132 Å². The van der Waals surface area contributed by atoms with Crippen LogP contribution in [0.25, 0.3) is 0 Å². The normalized spacial score (nSPS) is 12.2. The van der Waals surface area contributed by atoms with E-state index < -0.39 is 0 Å². The molecule has 1 N–H and O–H groups in total. The molecular weight excluding hydrogens is 334 g/mol. The third-order valence-electron chi connectivity index (χ3n) is 3.26. The molecule has 0 aliphatic carbocycles. The van der Waals surface area contributed by atoms with Crippen molar-refractivity contribution in [2.75, 3.05) is 7.11 Å². The lowest BCUT2D eigenvalue weighted by Gasteiger charge is -2.13. The highest BCUT2D eigenvalue weighted by Gasteiger charge is 2.11. The third kappa shape index (κ3) is 3.95. The van der Waals surface area contributed by atoms with Gasteiger partial charge in [0.15, 0.2) is 0 Å². The fraction of sp³-hybridized carbons (Fsp3) is 0.312. The van der Waals surface area contributed by atoms with Gasteiger partial charge in [0, 0.05) is 11.0 Å². The molecule has 1 aromatic heterocycles. The highest BCUT2D eigenvalue weighted by Crippen LogP contribution is 2.21. The lowest BCUT2D eigenvalue weighted by Crippen LogP contribution is -2.18. The van der Waals surface area contributed by atoms with Gasteiger partial charge in [-0.2, -0.15) is 0 Å². The molecule has 21 heavy (non-hydrogen) atoms. The average Bonchev–Trinajstić information content (AvgIpc) is 2.91. The van der Waals surface area contributed by atoms with Crippen molar-refractivity contribution in [3.05, 3.63) is 57.5 Å². The zero-order chi connectivity index (χ0) is 15.4. The summed E-state index contributed by atoms with van der Waals surface area (Å²) in [7, 11) is 1.37. The van der Waals surface area contributed by atoms with Gasteiger partial charge in [-0.15, -0.1) is 0 Å². The van der Waals surface area contributed by atoms with Gasteiger partial charge in [0.25, 0.3) is 0 Å². The Morgan fingerprint density at radius 3 is 2.71 bits per heavy atom. The van der Waals surface area contributed by atoms with E-state index in [9.17, 15) is 4.79 Å². The molecule has 0 bridgehead atoms. The van der Waals surface area contributed by atoms with Crippen molar-refractivity contribution in [2.24, 2.45) is 0 Å². The number of halogens is 1. The van der Waals surface area contributed by atoms with Crippen LogP contribution in [0, 0.1) is 6.92 Å². The summed E-state index contributed by atoms with van der Waals surface area (Å²) in [6.45, 7) is 4.65. The molecule has 2 rings (SSSR count). The zero-order valence-electron chi connectivity index (χ0n) is 12.3. The third-order valence-corrected chi connectivity index (χ3v) is 4.00. The molecule has 2 aromatic rings. The lowest BCUT2D eigenvalue weighted by atomic mass is 10.1. The van der Waals surface area contributed by atoms with Gasteiger partial charge >= 0.3 is 5.97 Å². The van der Waals surface area contributed by atoms with E-state index in [0.29, 0.717) is 12.1 Å². The van der Waals surface area contributed by atoms with Gasteiger partial charge in [0.05, 0.1) is 18.7 Å². The van der Waals surface area contributed by atoms with E-state index >= 15 is 0 Å². The van der Waals surface area contributed by atoms with Crippen LogP contribution >= 0.6 is 15.9 Å². The summed E-state index contributed by atoms with van der Waals surface area (Å²) in [5.41, 5.74) is 1.60. The minimum atomic E-state index is -0.338.